The first-order valence-electron chi connectivity index (χ1n) is 4.19. The molecule has 0 aliphatic rings. The maximum Gasteiger partial charge on any atom is 0.303 e. The van der Waals surface area contributed by atoms with E-state index < -0.39 is 11.6 Å². The van der Waals surface area contributed by atoms with Gasteiger partial charge in [0.25, 0.3) is 0 Å². The summed E-state index contributed by atoms with van der Waals surface area (Å²) in [5.41, 5.74) is -0.916. The zero-order valence-electron chi connectivity index (χ0n) is 8.14. The Balaban J connectivity index is 4.44. The lowest BCUT2D eigenvalue weighted by molar-refractivity contribution is -0.164. The van der Waals surface area contributed by atoms with Crippen LogP contribution in [-0.2, 0) is 14.3 Å². The molecule has 0 aromatic rings. The number of esters is 1. The topological polar surface area (TPSA) is 43.4 Å². The van der Waals surface area contributed by atoms with Gasteiger partial charge in [0.05, 0.1) is 0 Å². The number of hydrogen-bond acceptors (Lipinski definition) is 3. The molecule has 0 saturated carbocycles. The predicted molar refractivity (Wildman–Crippen MR) is 45.8 cm³/mol. The summed E-state index contributed by atoms with van der Waals surface area (Å²) in [5, 5.41) is 0. The second-order valence-electron chi connectivity index (χ2n) is 2.95. The Morgan fingerprint density at radius 2 is 1.83 bits per heavy atom. The van der Waals surface area contributed by atoms with Gasteiger partial charge in [0.1, 0.15) is 0 Å². The maximum atomic E-state index is 11.3. The van der Waals surface area contributed by atoms with Gasteiger partial charge in [-0.25, -0.2) is 0 Å². The van der Waals surface area contributed by atoms with Crippen LogP contribution in [0.5, 0.6) is 0 Å². The predicted octanol–water partition coefficient (Wildman–Crippen LogP) is 1.70. The van der Waals surface area contributed by atoms with E-state index in [4.69, 9.17) is 4.74 Å². The van der Waals surface area contributed by atoms with Gasteiger partial charge in [-0.05, 0) is 13.3 Å². The van der Waals surface area contributed by atoms with Gasteiger partial charge in [-0.1, -0.05) is 13.8 Å². The van der Waals surface area contributed by atoms with Crippen LogP contribution < -0.4 is 0 Å². The summed E-state index contributed by atoms with van der Waals surface area (Å²) >= 11 is 0. The van der Waals surface area contributed by atoms with Crippen LogP contribution in [0, 0.1) is 0 Å². The van der Waals surface area contributed by atoms with Crippen LogP contribution in [0.3, 0.4) is 0 Å². The first-order valence-corrected chi connectivity index (χ1v) is 4.19. The van der Waals surface area contributed by atoms with Crippen LogP contribution in [0.2, 0.25) is 0 Å². The molecule has 0 rings (SSSR count). The molecule has 12 heavy (non-hydrogen) atoms. The molecule has 0 radical (unpaired) electrons. The highest BCUT2D eigenvalue weighted by Crippen LogP contribution is 2.18. The van der Waals surface area contributed by atoms with Gasteiger partial charge in [0.2, 0.25) is 0 Å². The number of carbonyl (C=O) groups is 2. The van der Waals surface area contributed by atoms with Crippen molar-refractivity contribution >= 4 is 11.8 Å². The summed E-state index contributed by atoms with van der Waals surface area (Å²) in [4.78, 5) is 22.0. The Labute approximate surface area is 73.1 Å². The molecule has 0 heterocycles. The largest absolute Gasteiger partial charge is 0.452 e. The lowest BCUT2D eigenvalue weighted by atomic mass is 9.96. The van der Waals surface area contributed by atoms with Crippen LogP contribution in [-0.4, -0.2) is 17.4 Å². The van der Waals surface area contributed by atoms with E-state index in [1.165, 1.54) is 6.92 Å². The molecule has 70 valence electrons. The van der Waals surface area contributed by atoms with Crippen molar-refractivity contribution in [2.75, 3.05) is 0 Å². The third kappa shape index (κ3) is 2.64. The molecule has 3 heteroatoms. The number of rotatable bonds is 4. The highest BCUT2D eigenvalue weighted by atomic mass is 16.6. The van der Waals surface area contributed by atoms with Crippen molar-refractivity contribution in [2.45, 2.75) is 46.1 Å². The first-order chi connectivity index (χ1) is 5.46. The minimum Gasteiger partial charge on any atom is -0.452 e. The van der Waals surface area contributed by atoms with Gasteiger partial charge in [0, 0.05) is 13.3 Å². The zero-order chi connectivity index (χ0) is 9.78. The fourth-order valence-electron chi connectivity index (χ4n) is 1.02. The van der Waals surface area contributed by atoms with E-state index in [0.29, 0.717) is 12.8 Å². The monoisotopic (exact) mass is 172 g/mol. The Kier molecular flexibility index (Phi) is 3.93. The molecule has 0 fully saturated rings. The van der Waals surface area contributed by atoms with Crippen LogP contribution in [0.15, 0.2) is 0 Å². The molecule has 0 aliphatic heterocycles. The smallest absolute Gasteiger partial charge is 0.303 e. The van der Waals surface area contributed by atoms with Crippen LogP contribution >= 0.6 is 0 Å². The van der Waals surface area contributed by atoms with E-state index in [1.807, 2.05) is 6.92 Å². The van der Waals surface area contributed by atoms with Crippen LogP contribution in [0.1, 0.15) is 40.5 Å². The fraction of sp³-hybridized carbons (Fsp3) is 0.778. The van der Waals surface area contributed by atoms with Crippen molar-refractivity contribution in [2.24, 2.45) is 0 Å². The fourth-order valence-corrected chi connectivity index (χ4v) is 1.02. The molecule has 1 atom stereocenters. The Morgan fingerprint density at radius 1 is 1.33 bits per heavy atom. The molecule has 0 N–H and O–H groups in total. The lowest BCUT2D eigenvalue weighted by Gasteiger charge is -2.25. The van der Waals surface area contributed by atoms with E-state index in [2.05, 4.69) is 0 Å². The summed E-state index contributed by atoms with van der Waals surface area (Å²) in [5.74, 6) is -0.429. The lowest BCUT2D eigenvalue weighted by Crippen LogP contribution is -2.38. The van der Waals surface area contributed by atoms with E-state index >= 15 is 0 Å². The third-order valence-electron chi connectivity index (χ3n) is 1.95. The van der Waals surface area contributed by atoms with Crippen molar-refractivity contribution < 1.29 is 14.3 Å². The van der Waals surface area contributed by atoms with Gasteiger partial charge in [-0.2, -0.15) is 0 Å². The third-order valence-corrected chi connectivity index (χ3v) is 1.95. The highest BCUT2D eigenvalue weighted by Gasteiger charge is 2.32. The zero-order valence-corrected chi connectivity index (χ0v) is 8.14. The van der Waals surface area contributed by atoms with E-state index in [9.17, 15) is 9.59 Å². The average molecular weight is 172 g/mol. The number of Topliss-reactive ketones (excluding diaryl/α,β-unsaturated/α-hetero) is 1. The Hall–Kier alpha value is -0.860. The number of hydrogen-bond donors (Lipinski definition) is 0. The van der Waals surface area contributed by atoms with Crippen molar-refractivity contribution in [1.29, 1.82) is 0 Å². The number of ketones is 1. The molecular weight excluding hydrogens is 156 g/mol. The van der Waals surface area contributed by atoms with Crippen LogP contribution in [0.4, 0.5) is 0 Å². The second kappa shape index (κ2) is 4.24. The van der Waals surface area contributed by atoms with E-state index in [1.54, 1.807) is 13.8 Å². The van der Waals surface area contributed by atoms with Gasteiger partial charge >= 0.3 is 5.97 Å². The molecule has 0 bridgehead atoms. The maximum absolute atomic E-state index is 11.3. The van der Waals surface area contributed by atoms with Gasteiger partial charge < -0.3 is 4.74 Å². The molecule has 0 aliphatic carbocycles. The molecular formula is C9H16O3. The molecule has 1 unspecified atom stereocenters. The average Bonchev–Trinajstić information content (AvgIpc) is 2.01. The van der Waals surface area contributed by atoms with Gasteiger partial charge in [-0.15, -0.1) is 0 Å². The standard InChI is InChI=1S/C9H16O3/c1-5-8(11)9(4,6-2)12-7(3)10/h5-6H2,1-4H3. The SMILES string of the molecule is CCC(=O)C(C)(CC)OC(C)=O. The second-order valence-corrected chi connectivity index (χ2v) is 2.95. The molecule has 0 aromatic carbocycles. The molecule has 0 aromatic heterocycles. The molecule has 3 nitrogen and oxygen atoms in total. The van der Waals surface area contributed by atoms with E-state index in [-0.39, 0.29) is 5.78 Å². The first kappa shape index (κ1) is 11.1. The minimum atomic E-state index is -0.916. The number of carbonyl (C=O) groups excluding carboxylic acids is 2. The van der Waals surface area contributed by atoms with Gasteiger partial charge in [0.15, 0.2) is 11.4 Å². The summed E-state index contributed by atoms with van der Waals surface area (Å²) in [6, 6.07) is 0. The summed E-state index contributed by atoms with van der Waals surface area (Å²) in [6.45, 7) is 6.56. The summed E-state index contributed by atoms with van der Waals surface area (Å²) in [6.07, 6.45) is 0.927. The van der Waals surface area contributed by atoms with E-state index in [0.717, 1.165) is 0 Å². The molecule has 0 spiro atoms. The quantitative estimate of drug-likeness (QED) is 0.606. The molecule has 0 amide bonds. The Bertz CT molecular complexity index is 186. The summed E-state index contributed by atoms with van der Waals surface area (Å²) < 4.78 is 4.95. The molecule has 0 saturated heterocycles. The van der Waals surface area contributed by atoms with Crippen molar-refractivity contribution in [3.8, 4) is 0 Å². The highest BCUT2D eigenvalue weighted by molar-refractivity contribution is 5.88. The summed E-state index contributed by atoms with van der Waals surface area (Å²) in [7, 11) is 0. The van der Waals surface area contributed by atoms with Crippen LogP contribution in [0.25, 0.3) is 0 Å². The van der Waals surface area contributed by atoms with Crippen molar-refractivity contribution in [1.82, 2.24) is 0 Å². The minimum absolute atomic E-state index is 0.0276. The normalized spacial score (nSPS) is 15.0. The van der Waals surface area contributed by atoms with Crippen molar-refractivity contribution in [3.63, 3.8) is 0 Å². The van der Waals surface area contributed by atoms with Gasteiger partial charge in [-0.3, -0.25) is 9.59 Å². The Morgan fingerprint density at radius 3 is 2.08 bits per heavy atom. The van der Waals surface area contributed by atoms with Crippen molar-refractivity contribution in [3.05, 3.63) is 0 Å². The number of ether oxygens (including phenoxy) is 1.